The maximum atomic E-state index is 13.0. The first kappa shape index (κ1) is 22.2. The van der Waals surface area contributed by atoms with Gasteiger partial charge in [-0.2, -0.15) is 0 Å². The van der Waals surface area contributed by atoms with Crippen LogP contribution < -0.4 is 14.4 Å². The number of carbonyl (C=O) groups is 1. The molecule has 0 saturated heterocycles. The summed E-state index contributed by atoms with van der Waals surface area (Å²) in [5.74, 6) is -0.404. The van der Waals surface area contributed by atoms with Crippen LogP contribution >= 0.6 is 0 Å². The van der Waals surface area contributed by atoms with Gasteiger partial charge in [-0.3, -0.25) is 19.2 Å². The number of benzene rings is 2. The summed E-state index contributed by atoms with van der Waals surface area (Å²) in [6.07, 6.45) is 1.21. The lowest BCUT2D eigenvalue weighted by molar-refractivity contribution is -0.384. The zero-order valence-electron chi connectivity index (χ0n) is 16.6. The SMILES string of the molecule is CC[C@@H](C(=O)Nc1cc([N+](=O)[O-])ccc1OC)N(c1cccc(C)c1)S(C)(=O)=O. The average Bonchev–Trinajstić information content (AvgIpc) is 2.64. The van der Waals surface area contributed by atoms with Crippen molar-refractivity contribution in [1.29, 1.82) is 0 Å². The van der Waals surface area contributed by atoms with Gasteiger partial charge in [0, 0.05) is 12.1 Å². The maximum absolute atomic E-state index is 13.0. The lowest BCUT2D eigenvalue weighted by Crippen LogP contribution is -2.47. The first-order valence-corrected chi connectivity index (χ1v) is 10.6. The highest BCUT2D eigenvalue weighted by Crippen LogP contribution is 2.30. The molecule has 1 N–H and O–H groups in total. The highest BCUT2D eigenvalue weighted by Gasteiger charge is 2.32. The van der Waals surface area contributed by atoms with Crippen LogP contribution in [0.5, 0.6) is 5.75 Å². The minimum absolute atomic E-state index is 0.0860. The molecule has 2 aromatic carbocycles. The second-order valence-electron chi connectivity index (χ2n) is 6.45. The van der Waals surface area contributed by atoms with Crippen LogP contribution in [0.15, 0.2) is 42.5 Å². The van der Waals surface area contributed by atoms with Crippen molar-refractivity contribution in [1.82, 2.24) is 0 Å². The molecule has 1 atom stereocenters. The molecule has 29 heavy (non-hydrogen) atoms. The number of nitrogens with one attached hydrogen (secondary N) is 1. The van der Waals surface area contributed by atoms with E-state index in [4.69, 9.17) is 4.74 Å². The highest BCUT2D eigenvalue weighted by atomic mass is 32.2. The number of nitrogens with zero attached hydrogens (tertiary/aromatic N) is 2. The van der Waals surface area contributed by atoms with Crippen LogP contribution in [0.4, 0.5) is 17.1 Å². The van der Waals surface area contributed by atoms with Crippen LogP contribution in [-0.4, -0.2) is 38.7 Å². The van der Waals surface area contributed by atoms with Gasteiger partial charge in [-0.15, -0.1) is 0 Å². The lowest BCUT2D eigenvalue weighted by atomic mass is 10.1. The number of sulfonamides is 1. The molecule has 0 bridgehead atoms. The summed E-state index contributed by atoms with van der Waals surface area (Å²) in [7, 11) is -2.42. The second-order valence-corrected chi connectivity index (χ2v) is 8.31. The topological polar surface area (TPSA) is 119 Å². The predicted molar refractivity (Wildman–Crippen MR) is 111 cm³/mol. The number of hydrogen-bond donors (Lipinski definition) is 1. The van der Waals surface area contributed by atoms with Crippen molar-refractivity contribution in [2.75, 3.05) is 23.0 Å². The first-order chi connectivity index (χ1) is 13.6. The molecule has 2 aromatic rings. The fraction of sp³-hybridized carbons (Fsp3) is 0.316. The van der Waals surface area contributed by atoms with Gasteiger partial charge in [0.25, 0.3) is 5.69 Å². The number of amides is 1. The Kier molecular flexibility index (Phi) is 6.80. The maximum Gasteiger partial charge on any atom is 0.271 e. The highest BCUT2D eigenvalue weighted by molar-refractivity contribution is 7.92. The summed E-state index contributed by atoms with van der Waals surface area (Å²) >= 11 is 0. The smallest absolute Gasteiger partial charge is 0.271 e. The molecule has 9 nitrogen and oxygen atoms in total. The number of aryl methyl sites for hydroxylation is 1. The van der Waals surface area contributed by atoms with Crippen molar-refractivity contribution in [3.63, 3.8) is 0 Å². The van der Waals surface area contributed by atoms with E-state index >= 15 is 0 Å². The molecule has 1 amide bonds. The van der Waals surface area contributed by atoms with Gasteiger partial charge in [0.1, 0.15) is 11.8 Å². The van der Waals surface area contributed by atoms with E-state index in [-0.39, 0.29) is 23.5 Å². The quantitative estimate of drug-likeness (QED) is 0.517. The number of anilines is 2. The van der Waals surface area contributed by atoms with Crippen LogP contribution in [0.1, 0.15) is 18.9 Å². The minimum atomic E-state index is -3.79. The fourth-order valence-corrected chi connectivity index (χ4v) is 4.15. The summed E-state index contributed by atoms with van der Waals surface area (Å²) < 4.78 is 31.2. The molecular weight excluding hydrogens is 398 g/mol. The summed E-state index contributed by atoms with van der Waals surface area (Å²) in [4.78, 5) is 23.5. The Morgan fingerprint density at radius 3 is 2.48 bits per heavy atom. The third kappa shape index (κ3) is 5.23. The molecule has 0 unspecified atom stereocenters. The number of rotatable bonds is 8. The second kappa shape index (κ2) is 8.91. The third-order valence-electron chi connectivity index (χ3n) is 4.24. The van der Waals surface area contributed by atoms with Crippen molar-refractivity contribution in [3.8, 4) is 5.75 Å². The van der Waals surface area contributed by atoms with Crippen molar-refractivity contribution in [2.45, 2.75) is 26.3 Å². The number of carbonyl (C=O) groups excluding carboxylic acids is 1. The van der Waals surface area contributed by atoms with E-state index in [1.807, 2.05) is 13.0 Å². The fourth-order valence-electron chi connectivity index (χ4n) is 2.95. The van der Waals surface area contributed by atoms with E-state index in [9.17, 15) is 23.3 Å². The number of hydrogen-bond acceptors (Lipinski definition) is 6. The summed E-state index contributed by atoms with van der Waals surface area (Å²) in [5, 5.41) is 13.6. The monoisotopic (exact) mass is 421 g/mol. The molecule has 0 aliphatic heterocycles. The van der Waals surface area contributed by atoms with Gasteiger partial charge in [-0.1, -0.05) is 19.1 Å². The molecule has 2 rings (SSSR count). The molecule has 0 saturated carbocycles. The van der Waals surface area contributed by atoms with Crippen LogP contribution in [0.25, 0.3) is 0 Å². The van der Waals surface area contributed by atoms with Gasteiger partial charge in [-0.25, -0.2) is 8.42 Å². The van der Waals surface area contributed by atoms with Crippen LogP contribution in [-0.2, 0) is 14.8 Å². The van der Waals surface area contributed by atoms with E-state index in [0.29, 0.717) is 5.69 Å². The van der Waals surface area contributed by atoms with Crippen LogP contribution in [0.3, 0.4) is 0 Å². The van der Waals surface area contributed by atoms with Gasteiger partial charge in [0.2, 0.25) is 15.9 Å². The molecular formula is C19H23N3O6S. The number of nitro benzene ring substituents is 1. The van der Waals surface area contributed by atoms with E-state index in [0.717, 1.165) is 16.1 Å². The number of nitro groups is 1. The Labute approximate surface area is 169 Å². The number of methoxy groups -OCH3 is 1. The van der Waals surface area contributed by atoms with Crippen molar-refractivity contribution in [3.05, 3.63) is 58.1 Å². The van der Waals surface area contributed by atoms with E-state index in [1.54, 1.807) is 25.1 Å². The van der Waals surface area contributed by atoms with Crippen LogP contribution in [0, 0.1) is 17.0 Å². The molecule has 10 heteroatoms. The molecule has 0 aromatic heterocycles. The third-order valence-corrected chi connectivity index (χ3v) is 5.42. The van der Waals surface area contributed by atoms with Crippen molar-refractivity contribution >= 4 is 33.0 Å². The Morgan fingerprint density at radius 2 is 1.97 bits per heavy atom. The van der Waals surface area contributed by atoms with Gasteiger partial charge >= 0.3 is 0 Å². The van der Waals surface area contributed by atoms with E-state index in [2.05, 4.69) is 5.32 Å². The number of non-ortho nitro benzene ring substituents is 1. The van der Waals surface area contributed by atoms with E-state index < -0.39 is 26.9 Å². The molecule has 0 fully saturated rings. The summed E-state index contributed by atoms with van der Waals surface area (Å²) in [5.41, 5.74) is 1.06. The summed E-state index contributed by atoms with van der Waals surface area (Å²) in [6.45, 7) is 3.50. The minimum Gasteiger partial charge on any atom is -0.495 e. The van der Waals surface area contributed by atoms with E-state index in [1.165, 1.54) is 25.3 Å². The Balaban J connectivity index is 2.45. The van der Waals surface area contributed by atoms with Crippen LogP contribution in [0.2, 0.25) is 0 Å². The Hall–Kier alpha value is -3.14. The van der Waals surface area contributed by atoms with Crippen molar-refractivity contribution in [2.24, 2.45) is 0 Å². The van der Waals surface area contributed by atoms with Gasteiger partial charge in [0.15, 0.2) is 0 Å². The normalized spacial score (nSPS) is 12.1. The average molecular weight is 421 g/mol. The molecule has 0 radical (unpaired) electrons. The Morgan fingerprint density at radius 1 is 1.28 bits per heavy atom. The van der Waals surface area contributed by atoms with Gasteiger partial charge < -0.3 is 10.1 Å². The molecule has 0 spiro atoms. The van der Waals surface area contributed by atoms with Gasteiger partial charge in [-0.05, 0) is 37.1 Å². The summed E-state index contributed by atoms with van der Waals surface area (Å²) in [6, 6.07) is 9.53. The molecule has 0 aliphatic rings. The Bertz CT molecular complexity index is 1020. The van der Waals surface area contributed by atoms with Gasteiger partial charge in [0.05, 0.1) is 29.7 Å². The number of ether oxygens (including phenoxy) is 1. The molecule has 156 valence electrons. The molecule has 0 aliphatic carbocycles. The van der Waals surface area contributed by atoms with Crippen molar-refractivity contribution < 1.29 is 22.9 Å². The largest absolute Gasteiger partial charge is 0.495 e. The molecule has 0 heterocycles. The zero-order valence-corrected chi connectivity index (χ0v) is 17.4. The lowest BCUT2D eigenvalue weighted by Gasteiger charge is -2.30. The predicted octanol–water partition coefficient (Wildman–Crippen LogP) is 3.10. The standard InChI is InChI=1S/C19H23N3O6S/c1-5-17(21(29(4,26)27)14-8-6-7-13(2)11-14)19(23)20-16-12-15(22(24)25)9-10-18(16)28-3/h6-12,17H,5H2,1-4H3,(H,20,23)/t17-/m0/s1. The first-order valence-electron chi connectivity index (χ1n) is 8.77. The zero-order chi connectivity index (χ0) is 21.8.